The lowest BCUT2D eigenvalue weighted by molar-refractivity contribution is -0.139. The van der Waals surface area contributed by atoms with Crippen LogP contribution in [-0.4, -0.2) is 39.0 Å². The van der Waals surface area contributed by atoms with Crippen molar-refractivity contribution in [1.29, 1.82) is 0 Å². The second-order valence-corrected chi connectivity index (χ2v) is 5.72. The minimum absolute atomic E-state index is 0.00324. The van der Waals surface area contributed by atoms with Gasteiger partial charge in [-0.25, -0.2) is 0 Å². The molecule has 6 nitrogen and oxygen atoms in total. The average Bonchev–Trinajstić information content (AvgIpc) is 3.28. The van der Waals surface area contributed by atoms with E-state index in [1.54, 1.807) is 17.2 Å². The van der Waals surface area contributed by atoms with Gasteiger partial charge in [0.15, 0.2) is 0 Å². The molecule has 0 bridgehead atoms. The minimum Gasteiger partial charge on any atom is -0.342 e. The van der Waals surface area contributed by atoms with Gasteiger partial charge in [-0.15, -0.1) is 0 Å². The van der Waals surface area contributed by atoms with Gasteiger partial charge >= 0.3 is 0 Å². The Kier molecular flexibility index (Phi) is 3.16. The van der Waals surface area contributed by atoms with Crippen LogP contribution in [-0.2, 0) is 16.1 Å². The van der Waals surface area contributed by atoms with E-state index in [1.165, 1.54) is 0 Å². The van der Waals surface area contributed by atoms with E-state index in [0.717, 1.165) is 18.5 Å². The van der Waals surface area contributed by atoms with Crippen LogP contribution in [0.3, 0.4) is 0 Å². The summed E-state index contributed by atoms with van der Waals surface area (Å²) in [5.41, 5.74) is -0.0103. The Morgan fingerprint density at radius 2 is 2.25 bits per heavy atom. The van der Waals surface area contributed by atoms with Crippen LogP contribution in [0.4, 0.5) is 0 Å². The molecule has 2 fully saturated rings. The fourth-order valence-electron chi connectivity index (χ4n) is 2.77. The molecule has 1 aliphatic carbocycles. The van der Waals surface area contributed by atoms with Crippen LogP contribution < -0.4 is 5.32 Å². The standard InChI is InChI=1S/C14H18N4O2/c1-14(10-4-5-10)13(20)18(8-6-12(19)16-14)9-11-3-2-7-15-17-11/h2-3,7,10H,4-6,8-9H2,1H3,(H,16,19). The molecule has 106 valence electrons. The molecule has 1 N–H and O–H groups in total. The normalized spacial score (nSPS) is 27.1. The van der Waals surface area contributed by atoms with Crippen molar-refractivity contribution in [1.82, 2.24) is 20.4 Å². The maximum atomic E-state index is 12.8. The van der Waals surface area contributed by atoms with Crippen LogP contribution in [0.25, 0.3) is 0 Å². The Balaban J connectivity index is 1.83. The third kappa shape index (κ3) is 2.37. The molecule has 1 aromatic rings. The minimum atomic E-state index is -0.754. The molecular weight excluding hydrogens is 256 g/mol. The smallest absolute Gasteiger partial charge is 0.248 e. The molecule has 1 saturated heterocycles. The van der Waals surface area contributed by atoms with Crippen molar-refractivity contribution in [3.63, 3.8) is 0 Å². The summed E-state index contributed by atoms with van der Waals surface area (Å²) >= 11 is 0. The van der Waals surface area contributed by atoms with Crippen LogP contribution in [0.15, 0.2) is 18.3 Å². The summed E-state index contributed by atoms with van der Waals surface area (Å²) in [6, 6.07) is 3.64. The lowest BCUT2D eigenvalue weighted by Crippen LogP contribution is -2.56. The first-order valence-electron chi connectivity index (χ1n) is 6.96. The van der Waals surface area contributed by atoms with E-state index in [1.807, 2.05) is 13.0 Å². The van der Waals surface area contributed by atoms with E-state index in [0.29, 0.717) is 19.5 Å². The Labute approximate surface area is 117 Å². The summed E-state index contributed by atoms with van der Waals surface area (Å²) in [5.74, 6) is 0.215. The largest absolute Gasteiger partial charge is 0.342 e. The Hall–Kier alpha value is -1.98. The van der Waals surface area contributed by atoms with Gasteiger partial charge < -0.3 is 10.2 Å². The van der Waals surface area contributed by atoms with Gasteiger partial charge in [0.2, 0.25) is 11.8 Å². The van der Waals surface area contributed by atoms with E-state index >= 15 is 0 Å². The van der Waals surface area contributed by atoms with E-state index in [-0.39, 0.29) is 17.7 Å². The van der Waals surface area contributed by atoms with Gasteiger partial charge in [-0.2, -0.15) is 10.2 Å². The van der Waals surface area contributed by atoms with Crippen molar-refractivity contribution in [3.05, 3.63) is 24.0 Å². The molecule has 0 aromatic carbocycles. The topological polar surface area (TPSA) is 75.2 Å². The first-order valence-corrected chi connectivity index (χ1v) is 6.96. The number of carbonyl (C=O) groups excluding carboxylic acids is 2. The zero-order valence-corrected chi connectivity index (χ0v) is 11.5. The van der Waals surface area contributed by atoms with Crippen LogP contribution in [0, 0.1) is 5.92 Å². The number of amides is 2. The fraction of sp³-hybridized carbons (Fsp3) is 0.571. The Morgan fingerprint density at radius 3 is 2.90 bits per heavy atom. The van der Waals surface area contributed by atoms with Crippen molar-refractivity contribution in [2.45, 2.75) is 38.3 Å². The number of rotatable bonds is 3. The van der Waals surface area contributed by atoms with E-state index in [2.05, 4.69) is 15.5 Å². The van der Waals surface area contributed by atoms with Crippen molar-refractivity contribution in [2.24, 2.45) is 5.92 Å². The lowest BCUT2D eigenvalue weighted by atomic mass is 9.94. The number of hydrogen-bond acceptors (Lipinski definition) is 4. The number of carbonyl (C=O) groups is 2. The van der Waals surface area contributed by atoms with Gasteiger partial charge in [0.1, 0.15) is 5.54 Å². The third-order valence-corrected chi connectivity index (χ3v) is 4.11. The average molecular weight is 274 g/mol. The van der Waals surface area contributed by atoms with Crippen molar-refractivity contribution < 1.29 is 9.59 Å². The SMILES string of the molecule is CC1(C2CC2)NC(=O)CCN(Cc2cccnn2)C1=O. The van der Waals surface area contributed by atoms with Crippen LogP contribution in [0.2, 0.25) is 0 Å². The molecule has 2 amide bonds. The van der Waals surface area contributed by atoms with Gasteiger partial charge in [-0.05, 0) is 37.8 Å². The van der Waals surface area contributed by atoms with Gasteiger partial charge in [0.25, 0.3) is 0 Å². The fourth-order valence-corrected chi connectivity index (χ4v) is 2.77. The summed E-state index contributed by atoms with van der Waals surface area (Å²) in [6.07, 6.45) is 3.95. The summed E-state index contributed by atoms with van der Waals surface area (Å²) in [7, 11) is 0. The predicted molar refractivity (Wildman–Crippen MR) is 71.3 cm³/mol. The summed E-state index contributed by atoms with van der Waals surface area (Å²) in [6.45, 7) is 2.69. The highest BCUT2D eigenvalue weighted by Gasteiger charge is 2.51. The molecule has 3 rings (SSSR count). The lowest BCUT2D eigenvalue weighted by Gasteiger charge is -2.32. The summed E-state index contributed by atoms with van der Waals surface area (Å²) < 4.78 is 0. The predicted octanol–water partition coefficient (Wildman–Crippen LogP) is 0.494. The Bertz CT molecular complexity index is 529. The van der Waals surface area contributed by atoms with E-state index < -0.39 is 5.54 Å². The van der Waals surface area contributed by atoms with Gasteiger partial charge in [-0.1, -0.05) is 0 Å². The number of nitrogens with zero attached hydrogens (tertiary/aromatic N) is 3. The summed E-state index contributed by atoms with van der Waals surface area (Å²) in [4.78, 5) is 26.3. The highest BCUT2D eigenvalue weighted by atomic mass is 16.2. The number of hydrogen-bond donors (Lipinski definition) is 1. The molecule has 1 unspecified atom stereocenters. The van der Waals surface area contributed by atoms with Crippen molar-refractivity contribution >= 4 is 11.8 Å². The van der Waals surface area contributed by atoms with Gasteiger partial charge in [0, 0.05) is 19.2 Å². The molecule has 1 aromatic heterocycles. The first-order chi connectivity index (χ1) is 9.59. The maximum absolute atomic E-state index is 12.8. The zero-order chi connectivity index (χ0) is 14.2. The van der Waals surface area contributed by atoms with E-state index in [4.69, 9.17) is 0 Å². The quantitative estimate of drug-likeness (QED) is 0.870. The number of aromatic nitrogens is 2. The third-order valence-electron chi connectivity index (χ3n) is 4.11. The highest BCUT2D eigenvalue weighted by Crippen LogP contribution is 2.41. The van der Waals surface area contributed by atoms with Gasteiger partial charge in [0.05, 0.1) is 12.2 Å². The highest BCUT2D eigenvalue weighted by molar-refractivity contribution is 5.93. The van der Waals surface area contributed by atoms with Crippen LogP contribution >= 0.6 is 0 Å². The molecule has 0 radical (unpaired) electrons. The Morgan fingerprint density at radius 1 is 1.45 bits per heavy atom. The number of nitrogens with one attached hydrogen (secondary N) is 1. The van der Waals surface area contributed by atoms with Crippen LogP contribution in [0.1, 0.15) is 31.9 Å². The maximum Gasteiger partial charge on any atom is 0.248 e. The van der Waals surface area contributed by atoms with Crippen molar-refractivity contribution in [3.8, 4) is 0 Å². The molecule has 0 spiro atoms. The second-order valence-electron chi connectivity index (χ2n) is 5.72. The molecular formula is C14H18N4O2. The molecule has 1 atom stereocenters. The molecule has 1 saturated carbocycles. The first kappa shape index (κ1) is 13.0. The second kappa shape index (κ2) is 4.85. The van der Waals surface area contributed by atoms with Crippen molar-refractivity contribution in [2.75, 3.05) is 6.54 Å². The molecule has 1 aliphatic heterocycles. The summed E-state index contributed by atoms with van der Waals surface area (Å²) in [5, 5.41) is 10.8. The molecule has 20 heavy (non-hydrogen) atoms. The molecule has 2 aliphatic rings. The van der Waals surface area contributed by atoms with E-state index in [9.17, 15) is 9.59 Å². The monoisotopic (exact) mass is 274 g/mol. The van der Waals surface area contributed by atoms with Crippen LogP contribution in [0.5, 0.6) is 0 Å². The molecule has 2 heterocycles. The van der Waals surface area contributed by atoms with Gasteiger partial charge in [-0.3, -0.25) is 9.59 Å². The zero-order valence-electron chi connectivity index (χ0n) is 11.5. The molecule has 6 heteroatoms.